The third-order valence-electron chi connectivity index (χ3n) is 12.9. The van der Waals surface area contributed by atoms with Gasteiger partial charge in [0, 0.05) is 45.4 Å². The van der Waals surface area contributed by atoms with Gasteiger partial charge in [0.05, 0.1) is 42.7 Å². The SMILES string of the molecule is CC[C@H](C)[C@@H]([C@@H](CC(=O)N1CCC[C@H]1[C@H](OC)[C@@H](C)C(=O)N[C@@H](Cc1ccccc1)c1nccs1)OC)N(C)C(=O)[C@@H](NC(=O)C1C2CCC(C2)N1C(=O)O)C(C)C. The number of fused-ring (bicyclic) bond motifs is 2. The Kier molecular flexibility index (Phi) is 15.7. The predicted molar refractivity (Wildman–Crippen MR) is 221 cm³/mol. The van der Waals surface area contributed by atoms with Gasteiger partial charge in [0.25, 0.3) is 0 Å². The molecule has 2 aromatic rings. The molecule has 3 heterocycles. The number of hydrogen-bond donors (Lipinski definition) is 3. The van der Waals surface area contributed by atoms with E-state index in [0.29, 0.717) is 32.2 Å². The van der Waals surface area contributed by atoms with Crippen LogP contribution in [0.5, 0.6) is 0 Å². The fourth-order valence-electron chi connectivity index (χ4n) is 9.64. The first-order valence-electron chi connectivity index (χ1n) is 20.9. The van der Waals surface area contributed by atoms with Gasteiger partial charge in [0.1, 0.15) is 17.1 Å². The van der Waals surface area contributed by atoms with Crippen molar-refractivity contribution in [2.45, 2.75) is 134 Å². The Morgan fingerprint density at radius 3 is 2.34 bits per heavy atom. The molecule has 3 fully saturated rings. The third kappa shape index (κ3) is 10.0. The number of ether oxygens (including phenoxy) is 2. The minimum atomic E-state index is -1.12. The minimum Gasteiger partial charge on any atom is -0.465 e. The van der Waals surface area contributed by atoms with Gasteiger partial charge in [0.15, 0.2) is 0 Å². The van der Waals surface area contributed by atoms with E-state index in [4.69, 9.17) is 9.47 Å². The van der Waals surface area contributed by atoms with Crippen molar-refractivity contribution >= 4 is 41.1 Å². The second-order valence-electron chi connectivity index (χ2n) is 16.8. The first-order chi connectivity index (χ1) is 27.7. The van der Waals surface area contributed by atoms with Crippen LogP contribution in [0.1, 0.15) is 96.2 Å². The summed E-state index contributed by atoms with van der Waals surface area (Å²) in [6.45, 7) is 10.1. The lowest BCUT2D eigenvalue weighted by atomic mass is 9.89. The molecule has 5 amide bonds. The van der Waals surface area contributed by atoms with Crippen molar-refractivity contribution in [2.75, 3.05) is 27.8 Å². The number of carbonyl (C=O) groups is 5. The smallest absolute Gasteiger partial charge is 0.408 e. The number of hydrogen-bond acceptors (Lipinski definition) is 9. The molecule has 11 atom stereocenters. The van der Waals surface area contributed by atoms with E-state index in [0.717, 1.165) is 29.8 Å². The van der Waals surface area contributed by atoms with E-state index >= 15 is 0 Å². The first-order valence-corrected chi connectivity index (χ1v) is 21.8. The molecule has 1 aliphatic carbocycles. The molecule has 3 unspecified atom stereocenters. The number of nitrogens with zero attached hydrogens (tertiary/aromatic N) is 4. The highest BCUT2D eigenvalue weighted by molar-refractivity contribution is 7.09. The summed E-state index contributed by atoms with van der Waals surface area (Å²) in [5.74, 6) is -2.12. The summed E-state index contributed by atoms with van der Waals surface area (Å²) in [4.78, 5) is 77.7. The summed E-state index contributed by atoms with van der Waals surface area (Å²) in [5.41, 5.74) is 1.08. The zero-order chi connectivity index (χ0) is 42.3. The largest absolute Gasteiger partial charge is 0.465 e. The van der Waals surface area contributed by atoms with E-state index < -0.39 is 48.3 Å². The highest BCUT2D eigenvalue weighted by atomic mass is 32.1. The van der Waals surface area contributed by atoms with Crippen molar-refractivity contribution in [3.05, 3.63) is 52.5 Å². The van der Waals surface area contributed by atoms with E-state index in [1.54, 1.807) is 32.4 Å². The average molecular weight is 825 g/mol. The van der Waals surface area contributed by atoms with Crippen molar-refractivity contribution in [1.82, 2.24) is 30.3 Å². The average Bonchev–Trinajstić information content (AvgIpc) is 4.05. The molecule has 1 aromatic heterocycles. The number of rotatable bonds is 19. The van der Waals surface area contributed by atoms with E-state index in [9.17, 15) is 29.1 Å². The monoisotopic (exact) mass is 824 g/mol. The first kappa shape index (κ1) is 45.0. The highest BCUT2D eigenvalue weighted by Crippen LogP contribution is 2.42. The van der Waals surface area contributed by atoms with Gasteiger partial charge in [-0.1, -0.05) is 71.4 Å². The van der Waals surface area contributed by atoms with E-state index in [1.807, 2.05) is 75.2 Å². The van der Waals surface area contributed by atoms with Crippen LogP contribution in [0.15, 0.2) is 41.9 Å². The van der Waals surface area contributed by atoms with Crippen LogP contribution in [0, 0.1) is 23.7 Å². The number of carbonyl (C=O) groups excluding carboxylic acids is 4. The van der Waals surface area contributed by atoms with Crippen LogP contribution in [0.3, 0.4) is 0 Å². The number of methoxy groups -OCH3 is 2. The molecule has 2 aliphatic heterocycles. The number of carboxylic acid groups (broad SMARTS) is 1. The summed E-state index contributed by atoms with van der Waals surface area (Å²) < 4.78 is 12.1. The number of amides is 5. The fourth-order valence-corrected chi connectivity index (χ4v) is 10.3. The van der Waals surface area contributed by atoms with Gasteiger partial charge >= 0.3 is 6.09 Å². The fraction of sp³-hybridized carbons (Fsp3) is 0.674. The molecule has 14 nitrogen and oxygen atoms in total. The number of benzene rings is 1. The Balaban J connectivity index is 1.28. The van der Waals surface area contributed by atoms with Crippen molar-refractivity contribution in [2.24, 2.45) is 23.7 Å². The van der Waals surface area contributed by atoms with E-state index in [-0.39, 0.29) is 60.0 Å². The van der Waals surface area contributed by atoms with E-state index in [2.05, 4.69) is 15.6 Å². The van der Waals surface area contributed by atoms with Crippen LogP contribution in [-0.2, 0) is 35.1 Å². The number of piperidine rings is 1. The molecule has 5 rings (SSSR count). The number of thiazole rings is 1. The quantitative estimate of drug-likeness (QED) is 0.174. The van der Waals surface area contributed by atoms with Gasteiger partial charge in [-0.2, -0.15) is 0 Å². The lowest BCUT2D eigenvalue weighted by Gasteiger charge is -2.41. The Morgan fingerprint density at radius 1 is 1.02 bits per heavy atom. The van der Waals surface area contributed by atoms with Crippen LogP contribution in [-0.4, -0.2) is 125 Å². The van der Waals surface area contributed by atoms with Crippen molar-refractivity contribution in [1.29, 1.82) is 0 Å². The third-order valence-corrected chi connectivity index (χ3v) is 13.8. The molecule has 3 N–H and O–H groups in total. The van der Waals surface area contributed by atoms with Gasteiger partial charge in [-0.05, 0) is 61.8 Å². The normalized spacial score (nSPS) is 23.8. The summed E-state index contributed by atoms with van der Waals surface area (Å²) in [7, 11) is 4.81. The van der Waals surface area contributed by atoms with Gasteiger partial charge in [-0.3, -0.25) is 24.1 Å². The van der Waals surface area contributed by atoms with E-state index in [1.165, 1.54) is 16.2 Å². The molecule has 320 valence electrons. The van der Waals surface area contributed by atoms with Crippen molar-refractivity contribution in [3.63, 3.8) is 0 Å². The lowest BCUT2D eigenvalue weighted by molar-refractivity contribution is -0.148. The van der Waals surface area contributed by atoms with Gasteiger partial charge < -0.3 is 35.0 Å². The maximum Gasteiger partial charge on any atom is 0.408 e. The Hall–Kier alpha value is -4.08. The Morgan fingerprint density at radius 2 is 1.74 bits per heavy atom. The number of likely N-dealkylation sites (N-methyl/N-ethyl adjacent to an activating group) is 1. The predicted octanol–water partition coefficient (Wildman–Crippen LogP) is 5.14. The molecule has 58 heavy (non-hydrogen) atoms. The summed E-state index contributed by atoms with van der Waals surface area (Å²) in [6.07, 6.45) is 4.26. The molecule has 2 saturated heterocycles. The number of aromatic nitrogens is 1. The standard InChI is InChI=1S/C43H64N6O8S/c1-9-26(4)36(47(6)42(53)35(25(2)3)46-40(52)37-29-17-18-30(23-29)49(37)43(54)55)33(56-7)24-34(50)48-20-13-16-32(48)38(57-8)27(5)39(51)45-31(41-44-19-21-58-41)22-28-14-11-10-12-15-28/h10-12,14-15,19,21,25-27,29-33,35-38H,9,13,16-18,20,22-24H2,1-8H3,(H,45,51)(H,46,52)(H,54,55)/t26-,27+,29?,30?,31-,32-,33+,35-,36-,37?,38+/m0/s1. The molecule has 2 bridgehead atoms. The zero-order valence-electron chi connectivity index (χ0n) is 35.3. The van der Waals surface area contributed by atoms with Crippen LogP contribution in [0.4, 0.5) is 4.79 Å². The maximum atomic E-state index is 14.4. The molecule has 1 saturated carbocycles. The van der Waals surface area contributed by atoms with Crippen LogP contribution >= 0.6 is 11.3 Å². The Labute approximate surface area is 347 Å². The number of nitrogens with one attached hydrogen (secondary N) is 2. The minimum absolute atomic E-state index is 0.00272. The van der Waals surface area contributed by atoms with Crippen molar-refractivity contribution < 1.29 is 38.6 Å². The second kappa shape index (κ2) is 20.3. The molecule has 3 aliphatic rings. The number of likely N-dealkylation sites (tertiary alicyclic amines) is 2. The topological polar surface area (TPSA) is 171 Å². The molecular formula is C43H64N6O8S. The van der Waals surface area contributed by atoms with Crippen LogP contribution in [0.25, 0.3) is 0 Å². The van der Waals surface area contributed by atoms with Crippen LogP contribution < -0.4 is 10.6 Å². The summed E-state index contributed by atoms with van der Waals surface area (Å²) >= 11 is 1.49. The lowest BCUT2D eigenvalue weighted by Crippen LogP contribution is -2.60. The van der Waals surface area contributed by atoms with Gasteiger partial charge in [-0.15, -0.1) is 11.3 Å². The molecule has 1 aromatic carbocycles. The summed E-state index contributed by atoms with van der Waals surface area (Å²) in [6, 6.07) is 6.87. The van der Waals surface area contributed by atoms with Gasteiger partial charge in [0.2, 0.25) is 23.6 Å². The molecular weight excluding hydrogens is 761 g/mol. The molecule has 0 radical (unpaired) electrons. The van der Waals surface area contributed by atoms with Crippen molar-refractivity contribution in [3.8, 4) is 0 Å². The van der Waals surface area contributed by atoms with Gasteiger partial charge in [-0.25, -0.2) is 9.78 Å². The Bertz CT molecular complexity index is 1700. The second-order valence-corrected chi connectivity index (χ2v) is 17.7. The molecule has 15 heteroatoms. The molecule has 0 spiro atoms. The maximum absolute atomic E-state index is 14.4. The summed E-state index contributed by atoms with van der Waals surface area (Å²) in [5, 5.41) is 18.8. The zero-order valence-corrected chi connectivity index (χ0v) is 36.2. The van der Waals surface area contributed by atoms with Crippen LogP contribution in [0.2, 0.25) is 0 Å². The highest BCUT2D eigenvalue weighted by Gasteiger charge is 2.52.